The van der Waals surface area contributed by atoms with Gasteiger partial charge in [-0.3, -0.25) is 9.11 Å². The Morgan fingerprint density at radius 2 is 1.29 bits per heavy atom. The summed E-state index contributed by atoms with van der Waals surface area (Å²) in [5, 5.41) is 0.601. The number of nitrogens with one attached hydrogen (secondary N) is 2. The molecule has 0 spiro atoms. The molecule has 0 aliphatic heterocycles. The fourth-order valence-corrected chi connectivity index (χ4v) is 2.70. The van der Waals surface area contributed by atoms with Crippen LogP contribution in [0.1, 0.15) is 32.1 Å². The Bertz CT molecular complexity index is 406. The second-order valence-electron chi connectivity index (χ2n) is 3.79. The molecule has 102 valence electrons. The van der Waals surface area contributed by atoms with Gasteiger partial charge in [0.25, 0.3) is 0 Å². The van der Waals surface area contributed by atoms with Crippen molar-refractivity contribution < 1.29 is 25.9 Å². The SMILES string of the molecule is O=S(=O)(O)NN(NS(=O)(=O)O)C1CCCCC1. The largest absolute Gasteiger partial charge is 0.347 e. The van der Waals surface area contributed by atoms with E-state index in [-0.39, 0.29) is 0 Å². The maximum absolute atomic E-state index is 10.7. The van der Waals surface area contributed by atoms with Gasteiger partial charge in [0.1, 0.15) is 0 Å². The summed E-state index contributed by atoms with van der Waals surface area (Å²) in [7, 11) is -9.21. The Hall–Kier alpha value is -0.300. The van der Waals surface area contributed by atoms with E-state index in [1.165, 1.54) is 0 Å². The number of hydrogen-bond donors (Lipinski definition) is 4. The molecule has 11 heteroatoms. The fourth-order valence-electron chi connectivity index (χ4n) is 1.76. The van der Waals surface area contributed by atoms with Gasteiger partial charge in [-0.05, 0) is 12.8 Å². The van der Waals surface area contributed by atoms with Gasteiger partial charge < -0.3 is 0 Å². The van der Waals surface area contributed by atoms with Crippen LogP contribution in [0.3, 0.4) is 0 Å². The molecule has 0 heterocycles. The Kier molecular flexibility index (Phi) is 4.83. The van der Waals surface area contributed by atoms with E-state index in [0.717, 1.165) is 19.3 Å². The van der Waals surface area contributed by atoms with E-state index in [9.17, 15) is 16.8 Å². The van der Waals surface area contributed by atoms with Crippen LogP contribution in [0.5, 0.6) is 0 Å². The molecule has 0 unspecified atom stereocenters. The molecule has 4 N–H and O–H groups in total. The summed E-state index contributed by atoms with van der Waals surface area (Å²) in [5.74, 6) is 0. The van der Waals surface area contributed by atoms with Crippen LogP contribution in [-0.2, 0) is 20.6 Å². The molecule has 1 rings (SSSR count). The summed E-state index contributed by atoms with van der Waals surface area (Å²) < 4.78 is 59.9. The highest BCUT2D eigenvalue weighted by Crippen LogP contribution is 2.20. The zero-order valence-corrected chi connectivity index (χ0v) is 10.5. The van der Waals surface area contributed by atoms with Gasteiger partial charge in [0.15, 0.2) is 0 Å². The van der Waals surface area contributed by atoms with E-state index in [1.807, 2.05) is 0 Å². The van der Waals surface area contributed by atoms with Crippen molar-refractivity contribution in [3.63, 3.8) is 0 Å². The second kappa shape index (κ2) is 5.56. The maximum Gasteiger partial charge on any atom is 0.347 e. The summed E-state index contributed by atoms with van der Waals surface area (Å²) in [6.45, 7) is 0. The Labute approximate surface area is 99.9 Å². The summed E-state index contributed by atoms with van der Waals surface area (Å²) >= 11 is 0. The molecule has 0 bridgehead atoms. The van der Waals surface area contributed by atoms with E-state index in [4.69, 9.17) is 9.11 Å². The maximum atomic E-state index is 10.7. The molecule has 9 nitrogen and oxygen atoms in total. The van der Waals surface area contributed by atoms with Crippen LogP contribution in [-0.4, -0.2) is 37.1 Å². The summed E-state index contributed by atoms with van der Waals surface area (Å²) in [6.07, 6.45) is 3.68. The third-order valence-electron chi connectivity index (χ3n) is 2.37. The number of hydrazine groups is 2. The molecule has 0 aromatic carbocycles. The van der Waals surface area contributed by atoms with Gasteiger partial charge in [-0.2, -0.15) is 16.8 Å². The molecule has 0 atom stereocenters. The quantitative estimate of drug-likeness (QED) is 0.385. The minimum Gasteiger partial charge on any atom is -0.272 e. The van der Waals surface area contributed by atoms with Crippen LogP contribution in [0.4, 0.5) is 0 Å². The molecule has 0 saturated heterocycles. The average Bonchev–Trinajstić information content (AvgIpc) is 2.14. The zero-order chi connectivity index (χ0) is 13.1. The molecule has 1 saturated carbocycles. The topological polar surface area (TPSA) is 136 Å². The smallest absolute Gasteiger partial charge is 0.272 e. The van der Waals surface area contributed by atoms with Gasteiger partial charge in [-0.15, -0.1) is 14.8 Å². The molecule has 0 aromatic rings. The molecule has 0 aromatic heterocycles. The molecule has 1 aliphatic carbocycles. The van der Waals surface area contributed by atoms with Crippen LogP contribution in [0.25, 0.3) is 0 Å². The Morgan fingerprint density at radius 3 is 1.65 bits per heavy atom. The third-order valence-corrected chi connectivity index (χ3v) is 3.22. The first kappa shape index (κ1) is 14.8. The number of rotatable bonds is 5. The highest BCUT2D eigenvalue weighted by molar-refractivity contribution is 7.84. The van der Waals surface area contributed by atoms with Crippen molar-refractivity contribution in [2.45, 2.75) is 38.1 Å². The standard InChI is InChI=1S/C6H15N3O6S2/c10-16(11,12)7-9(8-17(13,14)15)6-4-2-1-3-5-6/h6-8H,1-5H2,(H,10,11,12)(H,13,14,15). The van der Waals surface area contributed by atoms with Gasteiger partial charge in [-0.1, -0.05) is 19.3 Å². The first-order chi connectivity index (χ1) is 7.67. The van der Waals surface area contributed by atoms with Crippen molar-refractivity contribution >= 4 is 20.6 Å². The molecular weight excluding hydrogens is 274 g/mol. The summed E-state index contributed by atoms with van der Waals surface area (Å²) in [6, 6.07) is -0.451. The van der Waals surface area contributed by atoms with Crippen molar-refractivity contribution in [1.82, 2.24) is 14.8 Å². The molecule has 1 fully saturated rings. The van der Waals surface area contributed by atoms with Crippen LogP contribution < -0.4 is 9.66 Å². The van der Waals surface area contributed by atoms with E-state index in [0.29, 0.717) is 18.0 Å². The molecule has 0 amide bonds. The lowest BCUT2D eigenvalue weighted by molar-refractivity contribution is 0.0970. The molecule has 0 radical (unpaired) electrons. The van der Waals surface area contributed by atoms with Crippen LogP contribution >= 0.6 is 0 Å². The minimum atomic E-state index is -4.61. The van der Waals surface area contributed by atoms with E-state index in [2.05, 4.69) is 0 Å². The first-order valence-corrected chi connectivity index (χ1v) is 7.84. The molecule has 17 heavy (non-hydrogen) atoms. The number of nitrogens with zero attached hydrogens (tertiary/aromatic N) is 1. The predicted octanol–water partition coefficient (Wildman–Crippen LogP) is -0.764. The lowest BCUT2D eigenvalue weighted by atomic mass is 9.96. The van der Waals surface area contributed by atoms with Crippen LogP contribution in [0, 0.1) is 0 Å². The summed E-state index contributed by atoms with van der Waals surface area (Å²) in [5.41, 5.74) is 0. The van der Waals surface area contributed by atoms with E-state index >= 15 is 0 Å². The lowest BCUT2D eigenvalue weighted by Crippen LogP contribution is -2.57. The van der Waals surface area contributed by atoms with E-state index < -0.39 is 26.7 Å². The van der Waals surface area contributed by atoms with Crippen molar-refractivity contribution in [2.24, 2.45) is 0 Å². The van der Waals surface area contributed by atoms with Crippen LogP contribution in [0.2, 0.25) is 0 Å². The summed E-state index contributed by atoms with van der Waals surface area (Å²) in [4.78, 5) is 3.19. The van der Waals surface area contributed by atoms with Crippen LogP contribution in [0.15, 0.2) is 0 Å². The Morgan fingerprint density at radius 1 is 0.882 bits per heavy atom. The predicted molar refractivity (Wildman–Crippen MR) is 58.1 cm³/mol. The average molecular weight is 289 g/mol. The minimum absolute atomic E-state index is 0.451. The van der Waals surface area contributed by atoms with E-state index in [1.54, 1.807) is 9.66 Å². The second-order valence-corrected chi connectivity index (χ2v) is 6.06. The zero-order valence-electron chi connectivity index (χ0n) is 8.90. The van der Waals surface area contributed by atoms with Crippen molar-refractivity contribution in [2.75, 3.05) is 0 Å². The third kappa shape index (κ3) is 6.26. The van der Waals surface area contributed by atoms with Crippen molar-refractivity contribution in [1.29, 1.82) is 0 Å². The van der Waals surface area contributed by atoms with Gasteiger partial charge in [0, 0.05) is 6.04 Å². The fraction of sp³-hybridized carbons (Fsp3) is 1.00. The molecular formula is C6H15N3O6S2. The van der Waals surface area contributed by atoms with Gasteiger partial charge in [0.2, 0.25) is 0 Å². The van der Waals surface area contributed by atoms with Crippen molar-refractivity contribution in [3.8, 4) is 0 Å². The highest BCUT2D eigenvalue weighted by Gasteiger charge is 2.27. The monoisotopic (exact) mass is 289 g/mol. The van der Waals surface area contributed by atoms with Gasteiger partial charge in [-0.25, -0.2) is 0 Å². The normalized spacial score (nSPS) is 19.7. The highest BCUT2D eigenvalue weighted by atomic mass is 32.2. The Balaban J connectivity index is 2.77. The van der Waals surface area contributed by atoms with Crippen molar-refractivity contribution in [3.05, 3.63) is 0 Å². The lowest BCUT2D eigenvalue weighted by Gasteiger charge is -2.31. The van der Waals surface area contributed by atoms with Gasteiger partial charge in [0.05, 0.1) is 0 Å². The number of hydrogen-bond acceptors (Lipinski definition) is 5. The van der Waals surface area contributed by atoms with Gasteiger partial charge >= 0.3 is 20.6 Å². The molecule has 1 aliphatic rings. The first-order valence-electron chi connectivity index (χ1n) is 4.96.